The zero-order chi connectivity index (χ0) is 13.9. The smallest absolute Gasteiger partial charge is 0.208 e. The number of ether oxygens (including phenoxy) is 1. The molecule has 3 atom stereocenters. The highest BCUT2D eigenvalue weighted by Crippen LogP contribution is 2.34. The van der Waals surface area contributed by atoms with E-state index in [1.54, 1.807) is 7.05 Å². The van der Waals surface area contributed by atoms with Crippen molar-refractivity contribution in [2.45, 2.75) is 37.5 Å². The van der Waals surface area contributed by atoms with Crippen molar-refractivity contribution in [3.8, 4) is 0 Å². The Kier molecular flexibility index (Phi) is 6.95. The number of guanidine groups is 1. The fourth-order valence-electron chi connectivity index (χ4n) is 2.58. The Morgan fingerprint density at radius 2 is 2.10 bits per heavy atom. The second kappa shape index (κ2) is 7.76. The molecule has 2 saturated heterocycles. The summed E-state index contributed by atoms with van der Waals surface area (Å²) in [6, 6.07) is 0.313. The number of hydrogen-bond donors (Lipinski definition) is 3. The summed E-state index contributed by atoms with van der Waals surface area (Å²) in [6.07, 6.45) is 5.12. The van der Waals surface area contributed by atoms with Crippen LogP contribution in [0.2, 0.25) is 0 Å². The van der Waals surface area contributed by atoms with Crippen LogP contribution in [0.3, 0.4) is 0 Å². The zero-order valence-corrected chi connectivity index (χ0v) is 14.9. The van der Waals surface area contributed by atoms with Crippen LogP contribution in [0, 0.1) is 0 Å². The number of hydrogen-bond acceptors (Lipinski definition) is 4. The van der Waals surface area contributed by atoms with E-state index in [0.717, 1.165) is 25.5 Å². The normalized spacial score (nSPS) is 29.1. The first kappa shape index (κ1) is 17.9. The quantitative estimate of drug-likeness (QED) is 0.246. The maximum absolute atomic E-state index is 10.9. The number of nitrogens with one attached hydrogen (secondary N) is 3. The van der Waals surface area contributed by atoms with Gasteiger partial charge in [-0.05, 0) is 19.3 Å². The van der Waals surface area contributed by atoms with Gasteiger partial charge in [0.2, 0.25) is 10.0 Å². The van der Waals surface area contributed by atoms with Gasteiger partial charge in [-0.15, -0.1) is 24.0 Å². The molecule has 2 heterocycles. The number of fused-ring (bicyclic) bond motifs is 2. The van der Waals surface area contributed by atoms with Crippen LogP contribution >= 0.6 is 24.0 Å². The van der Waals surface area contributed by atoms with Gasteiger partial charge in [0.1, 0.15) is 0 Å². The van der Waals surface area contributed by atoms with E-state index in [9.17, 15) is 8.42 Å². The average molecular weight is 418 g/mol. The summed E-state index contributed by atoms with van der Waals surface area (Å²) in [4.78, 5) is 4.13. The fourth-order valence-corrected chi connectivity index (χ4v) is 3.05. The summed E-state index contributed by atoms with van der Waals surface area (Å²) in [7, 11) is -1.43. The molecule has 3 unspecified atom stereocenters. The van der Waals surface area contributed by atoms with Crippen molar-refractivity contribution in [2.24, 2.45) is 4.99 Å². The lowest BCUT2D eigenvalue weighted by atomic mass is 9.96. The maximum Gasteiger partial charge on any atom is 0.208 e. The molecule has 2 fully saturated rings. The minimum absolute atomic E-state index is 0. The second-order valence-corrected chi connectivity index (χ2v) is 6.86. The van der Waals surface area contributed by atoms with Crippen molar-refractivity contribution in [2.75, 3.05) is 26.4 Å². The number of sulfonamides is 1. The minimum atomic E-state index is -3.13. The van der Waals surface area contributed by atoms with E-state index >= 15 is 0 Å². The van der Waals surface area contributed by atoms with Gasteiger partial charge in [-0.3, -0.25) is 4.99 Å². The SMILES string of the molecule is CN=C(NCCNS(C)(=O)=O)NC1CC2CCC1O2.I. The molecule has 0 aromatic rings. The molecular formula is C11H23IN4O3S. The van der Waals surface area contributed by atoms with Gasteiger partial charge in [0, 0.05) is 20.1 Å². The largest absolute Gasteiger partial charge is 0.373 e. The topological polar surface area (TPSA) is 91.8 Å². The number of nitrogens with zero attached hydrogens (tertiary/aromatic N) is 1. The van der Waals surface area contributed by atoms with Crippen LogP contribution in [0.4, 0.5) is 0 Å². The molecule has 2 rings (SSSR count). The van der Waals surface area contributed by atoms with Gasteiger partial charge in [-0.2, -0.15) is 0 Å². The molecule has 118 valence electrons. The Morgan fingerprint density at radius 3 is 2.60 bits per heavy atom. The zero-order valence-electron chi connectivity index (χ0n) is 11.8. The van der Waals surface area contributed by atoms with Crippen molar-refractivity contribution in [3.63, 3.8) is 0 Å². The highest BCUT2D eigenvalue weighted by atomic mass is 127. The van der Waals surface area contributed by atoms with Crippen molar-refractivity contribution in [1.29, 1.82) is 0 Å². The minimum Gasteiger partial charge on any atom is -0.373 e. The van der Waals surface area contributed by atoms with Crippen molar-refractivity contribution in [3.05, 3.63) is 0 Å². The van der Waals surface area contributed by atoms with E-state index in [2.05, 4.69) is 20.3 Å². The molecule has 20 heavy (non-hydrogen) atoms. The van der Waals surface area contributed by atoms with Gasteiger partial charge in [0.25, 0.3) is 0 Å². The first-order valence-electron chi connectivity index (χ1n) is 6.55. The molecule has 0 aromatic carbocycles. The Morgan fingerprint density at radius 1 is 1.35 bits per heavy atom. The predicted octanol–water partition coefficient (Wildman–Crippen LogP) is -0.361. The van der Waals surface area contributed by atoms with Gasteiger partial charge in [0.15, 0.2) is 5.96 Å². The molecule has 0 spiro atoms. The fraction of sp³-hybridized carbons (Fsp3) is 0.909. The molecule has 0 aliphatic carbocycles. The molecule has 2 aliphatic rings. The lowest BCUT2D eigenvalue weighted by Gasteiger charge is -2.22. The third kappa shape index (κ3) is 5.34. The van der Waals surface area contributed by atoms with E-state index in [1.165, 1.54) is 0 Å². The average Bonchev–Trinajstić information content (AvgIpc) is 2.93. The van der Waals surface area contributed by atoms with Crippen molar-refractivity contribution < 1.29 is 13.2 Å². The molecule has 7 nitrogen and oxygen atoms in total. The van der Waals surface area contributed by atoms with Crippen LogP contribution in [0.1, 0.15) is 19.3 Å². The highest BCUT2D eigenvalue weighted by Gasteiger charge is 2.40. The van der Waals surface area contributed by atoms with Crippen LogP contribution in [0.5, 0.6) is 0 Å². The van der Waals surface area contributed by atoms with Gasteiger partial charge in [-0.25, -0.2) is 13.1 Å². The Balaban J connectivity index is 0.00000200. The van der Waals surface area contributed by atoms with Crippen LogP contribution in [-0.2, 0) is 14.8 Å². The Labute approximate surface area is 137 Å². The highest BCUT2D eigenvalue weighted by molar-refractivity contribution is 14.0. The first-order valence-corrected chi connectivity index (χ1v) is 8.44. The van der Waals surface area contributed by atoms with Gasteiger partial charge in [0.05, 0.1) is 24.5 Å². The summed E-state index contributed by atoms with van der Waals surface area (Å²) in [6.45, 7) is 0.834. The summed E-state index contributed by atoms with van der Waals surface area (Å²) < 4.78 is 30.0. The van der Waals surface area contributed by atoms with Crippen molar-refractivity contribution >= 4 is 40.0 Å². The second-order valence-electron chi connectivity index (χ2n) is 5.03. The van der Waals surface area contributed by atoms with Gasteiger partial charge in [-0.1, -0.05) is 0 Å². The van der Waals surface area contributed by atoms with Crippen LogP contribution < -0.4 is 15.4 Å². The summed E-state index contributed by atoms with van der Waals surface area (Å²) in [5.41, 5.74) is 0. The monoisotopic (exact) mass is 418 g/mol. The van der Waals surface area contributed by atoms with E-state index in [0.29, 0.717) is 31.2 Å². The van der Waals surface area contributed by atoms with E-state index in [4.69, 9.17) is 4.74 Å². The van der Waals surface area contributed by atoms with E-state index in [-0.39, 0.29) is 30.1 Å². The summed E-state index contributed by atoms with van der Waals surface area (Å²) in [5, 5.41) is 6.42. The van der Waals surface area contributed by atoms with Crippen molar-refractivity contribution in [1.82, 2.24) is 15.4 Å². The third-order valence-electron chi connectivity index (χ3n) is 3.43. The molecule has 0 amide bonds. The Bertz CT molecular complexity index is 443. The number of aliphatic imine (C=N–C) groups is 1. The molecule has 2 bridgehead atoms. The van der Waals surface area contributed by atoms with E-state index in [1.807, 2.05) is 0 Å². The van der Waals surface area contributed by atoms with Gasteiger partial charge >= 0.3 is 0 Å². The summed E-state index contributed by atoms with van der Waals surface area (Å²) >= 11 is 0. The van der Waals surface area contributed by atoms with Crippen LogP contribution in [0.25, 0.3) is 0 Å². The van der Waals surface area contributed by atoms with Gasteiger partial charge < -0.3 is 15.4 Å². The third-order valence-corrected chi connectivity index (χ3v) is 4.16. The molecule has 0 saturated carbocycles. The molecular weight excluding hydrogens is 395 g/mol. The van der Waals surface area contributed by atoms with E-state index < -0.39 is 10.0 Å². The molecule has 0 aromatic heterocycles. The molecule has 9 heteroatoms. The standard InChI is InChI=1S/C11H22N4O3S.HI/c1-12-11(13-5-6-14-19(2,16)17)15-9-7-8-3-4-10(9)18-8;/h8-10,14H,3-7H2,1-2H3,(H2,12,13,15);1H. The molecule has 3 N–H and O–H groups in total. The maximum atomic E-state index is 10.9. The molecule has 0 radical (unpaired) electrons. The number of halogens is 1. The van der Waals surface area contributed by atoms with Crippen LogP contribution in [0.15, 0.2) is 4.99 Å². The summed E-state index contributed by atoms with van der Waals surface area (Å²) in [5.74, 6) is 0.691. The first-order chi connectivity index (χ1) is 8.98. The predicted molar refractivity (Wildman–Crippen MR) is 89.1 cm³/mol. The lowest BCUT2D eigenvalue weighted by Crippen LogP contribution is -2.48. The number of rotatable bonds is 5. The Hall–Kier alpha value is -0.130. The lowest BCUT2D eigenvalue weighted by molar-refractivity contribution is 0.0992. The molecule has 2 aliphatic heterocycles. The van der Waals surface area contributed by atoms with Crippen LogP contribution in [-0.4, -0.2) is 59.0 Å².